The Balaban J connectivity index is 1.32. The van der Waals surface area contributed by atoms with Crippen LogP contribution in [0, 0.1) is 6.57 Å². The van der Waals surface area contributed by atoms with E-state index in [0.29, 0.717) is 28.9 Å². The summed E-state index contributed by atoms with van der Waals surface area (Å²) < 4.78 is 8.85. The fourth-order valence-electron chi connectivity index (χ4n) is 6.38. The van der Waals surface area contributed by atoms with Crippen molar-refractivity contribution in [3.05, 3.63) is 151 Å². The van der Waals surface area contributed by atoms with Gasteiger partial charge in [0.1, 0.15) is 11.2 Å². The van der Waals surface area contributed by atoms with Crippen LogP contribution in [0.1, 0.15) is 0 Å². The zero-order valence-corrected chi connectivity index (χ0v) is 24.4. The van der Waals surface area contributed by atoms with Crippen LogP contribution < -0.4 is 0 Å². The standard InChI is InChI=1S/C40H23N5O/c1-41-27-23-21-25(22-24-27)28-15-9-16-31-32-17-10-18-33(37(32)46-36(28)31)39-42-38(26-11-3-2-4-12-26)43-40(44-39)45-34-19-7-5-13-29(34)30-14-6-8-20-35(30)45/h2-24H. The molecule has 3 aromatic heterocycles. The number of fused-ring (bicyclic) bond motifs is 6. The Hall–Kier alpha value is -6.58. The van der Waals surface area contributed by atoms with Crippen LogP contribution in [-0.4, -0.2) is 19.5 Å². The summed E-state index contributed by atoms with van der Waals surface area (Å²) in [6.45, 7) is 7.33. The minimum absolute atomic E-state index is 0.526. The molecule has 0 atom stereocenters. The monoisotopic (exact) mass is 589 g/mol. The third-order valence-corrected chi connectivity index (χ3v) is 8.51. The Morgan fingerprint density at radius 3 is 1.72 bits per heavy atom. The van der Waals surface area contributed by atoms with E-state index in [1.54, 1.807) is 0 Å². The van der Waals surface area contributed by atoms with Gasteiger partial charge in [0, 0.05) is 32.7 Å². The van der Waals surface area contributed by atoms with Gasteiger partial charge < -0.3 is 4.42 Å². The predicted octanol–water partition coefficient (Wildman–Crippen LogP) is 10.4. The van der Waals surface area contributed by atoms with E-state index in [1.807, 2.05) is 91.0 Å². The summed E-state index contributed by atoms with van der Waals surface area (Å²) in [7, 11) is 0. The highest BCUT2D eigenvalue weighted by Crippen LogP contribution is 2.40. The summed E-state index contributed by atoms with van der Waals surface area (Å²) in [5.41, 5.74) is 7.76. The molecule has 0 fully saturated rings. The molecule has 0 unspecified atom stereocenters. The molecule has 214 valence electrons. The molecule has 0 radical (unpaired) electrons. The van der Waals surface area contributed by atoms with Crippen LogP contribution in [0.5, 0.6) is 0 Å². The number of hydrogen-bond acceptors (Lipinski definition) is 4. The number of hydrogen-bond donors (Lipinski definition) is 0. The number of aromatic nitrogens is 4. The average molecular weight is 590 g/mol. The van der Waals surface area contributed by atoms with Crippen molar-refractivity contribution in [3.8, 4) is 39.9 Å². The molecule has 3 heterocycles. The molecule has 46 heavy (non-hydrogen) atoms. The van der Waals surface area contributed by atoms with Gasteiger partial charge in [0.2, 0.25) is 5.95 Å². The fourth-order valence-corrected chi connectivity index (χ4v) is 6.38. The molecular weight excluding hydrogens is 566 g/mol. The molecule has 9 aromatic rings. The zero-order valence-electron chi connectivity index (χ0n) is 24.4. The van der Waals surface area contributed by atoms with Crippen molar-refractivity contribution in [3.63, 3.8) is 0 Å². The Bertz CT molecular complexity index is 2590. The first-order valence-electron chi connectivity index (χ1n) is 15.0. The third kappa shape index (κ3) is 4.00. The zero-order chi connectivity index (χ0) is 30.6. The van der Waals surface area contributed by atoms with E-state index < -0.39 is 0 Å². The van der Waals surface area contributed by atoms with Crippen LogP contribution in [0.3, 0.4) is 0 Å². The third-order valence-electron chi connectivity index (χ3n) is 8.51. The maximum Gasteiger partial charge on any atom is 0.238 e. The predicted molar refractivity (Wildman–Crippen MR) is 184 cm³/mol. The van der Waals surface area contributed by atoms with E-state index in [2.05, 4.69) is 57.9 Å². The molecule has 0 N–H and O–H groups in total. The van der Waals surface area contributed by atoms with Gasteiger partial charge in [-0.3, -0.25) is 4.57 Å². The smallest absolute Gasteiger partial charge is 0.238 e. The Labute approximate surface area is 263 Å². The first-order valence-corrected chi connectivity index (χ1v) is 15.0. The van der Waals surface area contributed by atoms with Crippen molar-refractivity contribution >= 4 is 49.4 Å². The summed E-state index contributed by atoms with van der Waals surface area (Å²) in [6.07, 6.45) is 0. The molecule has 0 aliphatic carbocycles. The van der Waals surface area contributed by atoms with Crippen LogP contribution in [0.15, 0.2) is 144 Å². The van der Waals surface area contributed by atoms with E-state index in [9.17, 15) is 0 Å². The van der Waals surface area contributed by atoms with E-state index in [0.717, 1.165) is 60.4 Å². The SMILES string of the molecule is [C-]#[N+]c1ccc(-c2cccc3c2oc2c(-c4nc(-c5ccccc5)nc(-n5c6ccccc6c6ccccc65)n4)cccc23)cc1. The van der Waals surface area contributed by atoms with E-state index in [4.69, 9.17) is 25.9 Å². The summed E-state index contributed by atoms with van der Waals surface area (Å²) in [6, 6.07) is 46.6. The molecule has 0 saturated carbocycles. The highest BCUT2D eigenvalue weighted by molar-refractivity contribution is 6.13. The molecule has 9 rings (SSSR count). The van der Waals surface area contributed by atoms with Gasteiger partial charge in [-0.1, -0.05) is 121 Å². The lowest BCUT2D eigenvalue weighted by Gasteiger charge is -2.11. The largest absolute Gasteiger partial charge is 0.455 e. The lowest BCUT2D eigenvalue weighted by molar-refractivity contribution is 0.670. The Morgan fingerprint density at radius 2 is 1.04 bits per heavy atom. The Kier molecular flexibility index (Phi) is 5.77. The highest BCUT2D eigenvalue weighted by atomic mass is 16.3. The molecule has 0 spiro atoms. The molecule has 0 amide bonds. The van der Waals surface area contributed by atoms with Crippen molar-refractivity contribution in [2.75, 3.05) is 0 Å². The normalized spacial score (nSPS) is 11.5. The van der Waals surface area contributed by atoms with Crippen molar-refractivity contribution in [1.29, 1.82) is 0 Å². The summed E-state index contributed by atoms with van der Waals surface area (Å²) in [5, 5.41) is 4.26. The molecule has 6 nitrogen and oxygen atoms in total. The molecule has 0 aliphatic rings. The second-order valence-electron chi connectivity index (χ2n) is 11.1. The highest BCUT2D eigenvalue weighted by Gasteiger charge is 2.21. The summed E-state index contributed by atoms with van der Waals surface area (Å²) in [5.74, 6) is 1.64. The first kappa shape index (κ1) is 25.9. The Morgan fingerprint density at radius 1 is 0.478 bits per heavy atom. The number of furan rings is 1. The molecule has 6 heteroatoms. The van der Waals surface area contributed by atoms with Crippen LogP contribution in [-0.2, 0) is 0 Å². The van der Waals surface area contributed by atoms with Crippen LogP contribution in [0.25, 0.3) is 88.4 Å². The maximum atomic E-state index is 7.33. The molecule has 6 aromatic carbocycles. The van der Waals surface area contributed by atoms with Gasteiger partial charge in [-0.05, 0) is 23.8 Å². The quantitative estimate of drug-likeness (QED) is 0.192. The number of nitrogens with zero attached hydrogens (tertiary/aromatic N) is 5. The van der Waals surface area contributed by atoms with E-state index >= 15 is 0 Å². The van der Waals surface area contributed by atoms with Crippen molar-refractivity contribution in [2.45, 2.75) is 0 Å². The van der Waals surface area contributed by atoms with Crippen molar-refractivity contribution in [2.24, 2.45) is 0 Å². The fraction of sp³-hybridized carbons (Fsp3) is 0. The average Bonchev–Trinajstić information content (AvgIpc) is 3.68. The molecule has 0 aliphatic heterocycles. The molecule has 0 saturated heterocycles. The van der Waals surface area contributed by atoms with Gasteiger partial charge in [-0.15, -0.1) is 0 Å². The van der Waals surface area contributed by atoms with Gasteiger partial charge in [0.25, 0.3) is 0 Å². The van der Waals surface area contributed by atoms with Gasteiger partial charge in [0.05, 0.1) is 23.2 Å². The summed E-state index contributed by atoms with van der Waals surface area (Å²) in [4.78, 5) is 18.8. The molecule has 0 bridgehead atoms. The van der Waals surface area contributed by atoms with Crippen LogP contribution >= 0.6 is 0 Å². The van der Waals surface area contributed by atoms with E-state index in [-0.39, 0.29) is 0 Å². The maximum absolute atomic E-state index is 7.33. The number of para-hydroxylation sites is 4. The number of rotatable bonds is 4. The first-order chi connectivity index (χ1) is 22.8. The second-order valence-corrected chi connectivity index (χ2v) is 11.1. The summed E-state index contributed by atoms with van der Waals surface area (Å²) >= 11 is 0. The van der Waals surface area contributed by atoms with Crippen molar-refractivity contribution in [1.82, 2.24) is 19.5 Å². The minimum atomic E-state index is 0.526. The second kappa shape index (κ2) is 10.3. The lowest BCUT2D eigenvalue weighted by Crippen LogP contribution is -2.06. The van der Waals surface area contributed by atoms with E-state index in [1.165, 1.54) is 0 Å². The van der Waals surface area contributed by atoms with Gasteiger partial charge >= 0.3 is 0 Å². The lowest BCUT2D eigenvalue weighted by atomic mass is 10.0. The number of benzene rings is 6. The van der Waals surface area contributed by atoms with Crippen molar-refractivity contribution < 1.29 is 4.42 Å². The van der Waals surface area contributed by atoms with Crippen LogP contribution in [0.4, 0.5) is 5.69 Å². The van der Waals surface area contributed by atoms with Gasteiger partial charge in [-0.2, -0.15) is 9.97 Å². The topological polar surface area (TPSA) is 61.1 Å². The van der Waals surface area contributed by atoms with Gasteiger partial charge in [0.15, 0.2) is 17.3 Å². The minimum Gasteiger partial charge on any atom is -0.455 e. The van der Waals surface area contributed by atoms with Crippen LogP contribution in [0.2, 0.25) is 0 Å². The molecular formula is C40H23N5O. The van der Waals surface area contributed by atoms with Gasteiger partial charge in [-0.25, -0.2) is 9.83 Å².